The van der Waals surface area contributed by atoms with Crippen LogP contribution in [-0.4, -0.2) is 67.2 Å². The van der Waals surface area contributed by atoms with Crippen LogP contribution in [0.5, 0.6) is 5.75 Å². The van der Waals surface area contributed by atoms with Crippen LogP contribution in [0.15, 0.2) is 28.1 Å². The van der Waals surface area contributed by atoms with E-state index < -0.39 is 15.9 Å². The number of carbonyl (C=O) groups excluding carboxylic acids is 1. The molecule has 1 aromatic heterocycles. The highest BCUT2D eigenvalue weighted by atomic mass is 32.2. The summed E-state index contributed by atoms with van der Waals surface area (Å²) in [7, 11) is -3.75. The molecule has 2 aliphatic rings. The van der Waals surface area contributed by atoms with E-state index in [1.54, 1.807) is 17.7 Å². The van der Waals surface area contributed by atoms with E-state index in [1.807, 2.05) is 13.8 Å². The van der Waals surface area contributed by atoms with Crippen LogP contribution in [0.3, 0.4) is 0 Å². The summed E-state index contributed by atoms with van der Waals surface area (Å²) in [6.07, 6.45) is 1.59. The molecule has 0 N–H and O–H groups in total. The quantitative estimate of drug-likeness (QED) is 0.579. The fourth-order valence-electron chi connectivity index (χ4n) is 3.82. The molecule has 1 radical (unpaired) electrons. The molecule has 1 amide bonds. The molecule has 4 rings (SSSR count). The third kappa shape index (κ3) is 4.53. The molecule has 0 aliphatic carbocycles. The summed E-state index contributed by atoms with van der Waals surface area (Å²) in [6.45, 7) is 8.05. The number of aliphatic imine (C=N–C) groups is 1. The molecule has 177 valence electrons. The largest absolute Gasteiger partial charge is 0.493 e. The van der Waals surface area contributed by atoms with Gasteiger partial charge in [-0.25, -0.2) is 18.1 Å². The highest BCUT2D eigenvalue weighted by molar-refractivity contribution is 7.89. The predicted octanol–water partition coefficient (Wildman–Crippen LogP) is 2.25. The zero-order chi connectivity index (χ0) is 23.6. The number of hydrogen-bond acceptors (Lipinski definition) is 7. The van der Waals surface area contributed by atoms with Crippen LogP contribution in [0.2, 0.25) is 0 Å². The number of carbonyl (C=O) groups is 1. The summed E-state index contributed by atoms with van der Waals surface area (Å²) in [5.74, 6) is 0.537. The van der Waals surface area contributed by atoms with Gasteiger partial charge in [-0.05, 0) is 38.0 Å². The maximum Gasteiger partial charge on any atom is 0.284 e. The van der Waals surface area contributed by atoms with Crippen molar-refractivity contribution in [1.82, 2.24) is 19.4 Å². The van der Waals surface area contributed by atoms with E-state index in [2.05, 4.69) is 15.4 Å². The first-order valence-corrected chi connectivity index (χ1v) is 12.6. The van der Waals surface area contributed by atoms with Crippen LogP contribution < -0.4 is 10.1 Å². The van der Waals surface area contributed by atoms with E-state index >= 15 is 0 Å². The first kappa shape index (κ1) is 23.4. The number of aromatic nitrogens is 2. The van der Waals surface area contributed by atoms with Gasteiger partial charge in [0.2, 0.25) is 10.0 Å². The Bertz CT molecular complexity index is 1180. The molecule has 3 heterocycles. The Morgan fingerprint density at radius 1 is 1.15 bits per heavy atom. The van der Waals surface area contributed by atoms with Crippen molar-refractivity contribution in [2.24, 2.45) is 4.99 Å². The van der Waals surface area contributed by atoms with Crippen LogP contribution in [0.25, 0.3) is 0 Å². The second-order valence-electron chi connectivity index (χ2n) is 7.88. The molecule has 0 atom stereocenters. The number of amides is 1. The average molecular weight is 475 g/mol. The Hall–Kier alpha value is -2.76. The lowest BCUT2D eigenvalue weighted by Gasteiger charge is -2.26. The molecule has 1 saturated heterocycles. The highest BCUT2D eigenvalue weighted by Crippen LogP contribution is 2.32. The van der Waals surface area contributed by atoms with Crippen LogP contribution in [0, 0.1) is 6.92 Å². The lowest BCUT2D eigenvalue weighted by atomic mass is 10.1. The van der Waals surface area contributed by atoms with Crippen molar-refractivity contribution in [3.8, 4) is 5.75 Å². The molecule has 2 aromatic rings. The summed E-state index contributed by atoms with van der Waals surface area (Å²) >= 11 is 0. The standard InChI is InChI=1S/C22H28N5O5S/c1-4-8-27-21-19(15(3)25-27)22(28)24-20(23-21)17-14-16(6-7-18(17)32-11-5-2)33(29,30)26-9-12-31-13-10-26/h6-7,14H,4-5,8-13H2,1-3H3. The van der Waals surface area contributed by atoms with E-state index in [9.17, 15) is 13.2 Å². The first-order valence-electron chi connectivity index (χ1n) is 11.1. The Morgan fingerprint density at radius 3 is 2.61 bits per heavy atom. The van der Waals surface area contributed by atoms with Gasteiger partial charge in [0.1, 0.15) is 11.3 Å². The third-order valence-electron chi connectivity index (χ3n) is 5.43. The van der Waals surface area contributed by atoms with E-state index in [1.165, 1.54) is 16.4 Å². The monoisotopic (exact) mass is 474 g/mol. The van der Waals surface area contributed by atoms with Gasteiger partial charge in [-0.1, -0.05) is 13.8 Å². The normalized spacial score (nSPS) is 16.8. The molecule has 2 aliphatic heterocycles. The molecule has 11 heteroatoms. The van der Waals surface area contributed by atoms with Crippen LogP contribution >= 0.6 is 0 Å². The number of benzene rings is 1. The van der Waals surface area contributed by atoms with Crippen molar-refractivity contribution in [1.29, 1.82) is 0 Å². The highest BCUT2D eigenvalue weighted by Gasteiger charge is 2.32. The van der Waals surface area contributed by atoms with Gasteiger partial charge in [-0.2, -0.15) is 14.7 Å². The van der Waals surface area contributed by atoms with Crippen molar-refractivity contribution in [2.75, 3.05) is 32.9 Å². The van der Waals surface area contributed by atoms with Crippen LogP contribution in [0.1, 0.15) is 48.3 Å². The first-order chi connectivity index (χ1) is 15.9. The number of amidine groups is 1. The predicted molar refractivity (Wildman–Crippen MR) is 122 cm³/mol. The maximum atomic E-state index is 13.2. The maximum absolute atomic E-state index is 13.2. The van der Waals surface area contributed by atoms with Gasteiger partial charge >= 0.3 is 0 Å². The van der Waals surface area contributed by atoms with Crippen LogP contribution in [-0.2, 0) is 21.3 Å². The van der Waals surface area contributed by atoms with E-state index in [0.29, 0.717) is 54.8 Å². The lowest BCUT2D eigenvalue weighted by molar-refractivity contribution is 0.0730. The zero-order valence-corrected chi connectivity index (χ0v) is 19.9. The Kier molecular flexibility index (Phi) is 6.82. The second kappa shape index (κ2) is 9.62. The molecule has 1 aromatic carbocycles. The fraction of sp³-hybridized carbons (Fsp3) is 0.500. The van der Waals surface area contributed by atoms with Gasteiger partial charge in [0.15, 0.2) is 11.7 Å². The molecule has 0 spiro atoms. The van der Waals surface area contributed by atoms with E-state index in [-0.39, 0.29) is 23.8 Å². The number of sulfonamides is 1. The minimum absolute atomic E-state index is 0.0950. The summed E-state index contributed by atoms with van der Waals surface area (Å²) in [6, 6.07) is 4.61. The van der Waals surface area contributed by atoms with E-state index in [4.69, 9.17) is 9.47 Å². The molecular weight excluding hydrogens is 446 g/mol. The summed E-state index contributed by atoms with van der Waals surface area (Å²) in [5.41, 5.74) is 1.31. The van der Waals surface area contributed by atoms with Crippen molar-refractivity contribution in [2.45, 2.75) is 45.1 Å². The van der Waals surface area contributed by atoms with Gasteiger partial charge < -0.3 is 9.47 Å². The topological polar surface area (TPSA) is 117 Å². The third-order valence-corrected chi connectivity index (χ3v) is 7.33. The van der Waals surface area contributed by atoms with Gasteiger partial charge in [0.05, 0.1) is 36.0 Å². The summed E-state index contributed by atoms with van der Waals surface area (Å²) < 4.78 is 40.7. The van der Waals surface area contributed by atoms with E-state index in [0.717, 1.165) is 12.8 Å². The minimum Gasteiger partial charge on any atom is -0.493 e. The molecule has 33 heavy (non-hydrogen) atoms. The van der Waals surface area contributed by atoms with Crippen molar-refractivity contribution in [3.63, 3.8) is 0 Å². The molecule has 0 bridgehead atoms. The molecule has 10 nitrogen and oxygen atoms in total. The smallest absolute Gasteiger partial charge is 0.284 e. The Balaban J connectivity index is 1.81. The number of morpholine rings is 1. The Morgan fingerprint density at radius 2 is 1.91 bits per heavy atom. The molecular formula is C22H28N5O5S. The average Bonchev–Trinajstić information content (AvgIpc) is 3.14. The summed E-state index contributed by atoms with van der Waals surface area (Å²) in [5, 5.41) is 8.62. The number of hydrogen-bond donors (Lipinski definition) is 0. The minimum atomic E-state index is -3.75. The molecule has 0 saturated carbocycles. The number of ether oxygens (including phenoxy) is 2. The molecule has 0 unspecified atom stereocenters. The Labute approximate surface area is 193 Å². The zero-order valence-electron chi connectivity index (χ0n) is 19.1. The SMILES string of the molecule is CCCOc1ccc(S(=O)(=O)N2CCOCC2)cc1C1=Nc2c(c(C)nn2CCC)C(=O)[N]1. The van der Waals surface area contributed by atoms with Gasteiger partial charge in [0, 0.05) is 19.6 Å². The number of aryl methyl sites for hydroxylation is 2. The van der Waals surface area contributed by atoms with Crippen LogP contribution in [0.4, 0.5) is 5.82 Å². The van der Waals surface area contributed by atoms with Gasteiger partial charge in [-0.3, -0.25) is 4.79 Å². The molecule has 1 fully saturated rings. The van der Waals surface area contributed by atoms with Gasteiger partial charge in [-0.15, -0.1) is 0 Å². The second-order valence-corrected chi connectivity index (χ2v) is 9.82. The fourth-order valence-corrected chi connectivity index (χ4v) is 5.25. The number of rotatable bonds is 8. The van der Waals surface area contributed by atoms with Crippen molar-refractivity contribution in [3.05, 3.63) is 35.0 Å². The van der Waals surface area contributed by atoms with Crippen molar-refractivity contribution < 1.29 is 22.7 Å². The number of nitrogens with zero attached hydrogens (tertiary/aromatic N) is 5. The number of fused-ring (bicyclic) bond motifs is 1. The van der Waals surface area contributed by atoms with Gasteiger partial charge in [0.25, 0.3) is 5.91 Å². The summed E-state index contributed by atoms with van der Waals surface area (Å²) in [4.78, 5) is 17.6. The van der Waals surface area contributed by atoms with Crippen molar-refractivity contribution >= 4 is 27.6 Å². The lowest BCUT2D eigenvalue weighted by Crippen LogP contribution is -2.40.